The van der Waals surface area contributed by atoms with Crippen molar-refractivity contribution in [2.24, 2.45) is 11.8 Å². The molecule has 4 aliphatic heterocycles. The number of ether oxygens (including phenoxy) is 2. The molecule has 0 saturated carbocycles. The second-order valence-electron chi connectivity index (χ2n) is 9.95. The first-order chi connectivity index (χ1) is 17.3. The van der Waals surface area contributed by atoms with E-state index in [0.717, 1.165) is 13.1 Å². The number of aliphatic hydroxyl groups is 1. The third-order valence-electron chi connectivity index (χ3n) is 7.88. The Hall–Kier alpha value is -1.79. The number of fused-ring (bicyclic) bond motifs is 1. The number of likely N-dealkylation sites (tertiary alicyclic amines) is 1. The number of hydrogen-bond donors (Lipinski definition) is 1. The van der Waals surface area contributed by atoms with Gasteiger partial charge in [-0.3, -0.25) is 19.3 Å². The number of likely N-dealkylation sites (N-methyl/N-ethyl adjacent to an activating group) is 1. The largest absolute Gasteiger partial charge is 0.395 e. The van der Waals surface area contributed by atoms with Crippen molar-refractivity contribution in [2.75, 3.05) is 72.7 Å². The van der Waals surface area contributed by atoms with Crippen LogP contribution in [0.2, 0.25) is 0 Å². The Kier molecular flexibility index (Phi) is 8.56. The molecule has 0 aliphatic carbocycles. The van der Waals surface area contributed by atoms with Crippen molar-refractivity contribution in [2.45, 2.75) is 29.0 Å². The predicted octanol–water partition coefficient (Wildman–Crippen LogP) is -0.282. The highest BCUT2D eigenvalue weighted by atomic mass is 79.9. The summed E-state index contributed by atoms with van der Waals surface area (Å²) in [5, 5.41) is 9.79. The highest BCUT2D eigenvalue weighted by molar-refractivity contribution is 9.09. The average molecular weight is 569 g/mol. The topological polar surface area (TPSA) is 103 Å². The van der Waals surface area contributed by atoms with Crippen molar-refractivity contribution in [1.82, 2.24) is 19.6 Å². The first-order valence-corrected chi connectivity index (χ1v) is 13.5. The van der Waals surface area contributed by atoms with Crippen LogP contribution in [0.4, 0.5) is 0 Å². The second-order valence-corrected chi connectivity index (χ2v) is 11.1. The molecule has 6 atom stereocenters. The smallest absolute Gasteiger partial charge is 0.248 e. The summed E-state index contributed by atoms with van der Waals surface area (Å²) in [5.74, 6) is -2.22. The SMILES string of the molecule is C=CCN(C)C(=O)[C@H]1[C@@H]2OC3(CC2Br)C(C(=O)N(CC=C)CCN2CCOCC2)N(CCO)C(=O)[C@H]13. The summed E-state index contributed by atoms with van der Waals surface area (Å²) in [6.07, 6.45) is 3.24. The molecule has 1 N–H and O–H groups in total. The number of rotatable bonds is 11. The number of amides is 3. The lowest BCUT2D eigenvalue weighted by Gasteiger charge is -2.38. The maximum Gasteiger partial charge on any atom is 0.248 e. The second kappa shape index (κ2) is 11.3. The molecule has 0 aromatic heterocycles. The van der Waals surface area contributed by atoms with Gasteiger partial charge < -0.3 is 29.3 Å². The number of halogens is 1. The zero-order valence-electron chi connectivity index (χ0n) is 20.9. The van der Waals surface area contributed by atoms with Gasteiger partial charge >= 0.3 is 0 Å². The van der Waals surface area contributed by atoms with Gasteiger partial charge in [0, 0.05) is 57.7 Å². The van der Waals surface area contributed by atoms with Crippen LogP contribution in [0.3, 0.4) is 0 Å². The van der Waals surface area contributed by atoms with E-state index in [9.17, 15) is 19.5 Å². The van der Waals surface area contributed by atoms with Gasteiger partial charge in [0.25, 0.3) is 0 Å². The van der Waals surface area contributed by atoms with E-state index in [0.29, 0.717) is 45.8 Å². The van der Waals surface area contributed by atoms with E-state index in [1.807, 2.05) is 0 Å². The van der Waals surface area contributed by atoms with Crippen molar-refractivity contribution < 1.29 is 29.0 Å². The van der Waals surface area contributed by atoms with Crippen molar-refractivity contribution in [1.29, 1.82) is 0 Å². The van der Waals surface area contributed by atoms with Crippen molar-refractivity contribution >= 4 is 33.7 Å². The molecule has 4 aliphatic rings. The van der Waals surface area contributed by atoms with E-state index < -0.39 is 29.6 Å². The van der Waals surface area contributed by atoms with Gasteiger partial charge in [0.1, 0.15) is 11.6 Å². The number of β-amino-alcohol motifs (C(OH)–C–C–N with tert-alkyl or cyclic N) is 1. The fraction of sp³-hybridized carbons (Fsp3) is 0.720. The number of alkyl halides is 1. The molecular weight excluding hydrogens is 532 g/mol. The standard InChI is InChI=1S/C25H37BrN4O6/c1-4-6-27(3)22(32)18-19-23(33)30(10-13-31)21(25(19)16-17(26)20(18)36-25)24(34)29(7-5-2)9-8-28-11-14-35-15-12-28/h4-5,17-21,31H,1-2,6-16H2,3H3/t17?,18-,19+,20-,21?,25?/m1/s1. The summed E-state index contributed by atoms with van der Waals surface area (Å²) in [6, 6.07) is -0.917. The molecule has 0 aromatic carbocycles. The van der Waals surface area contributed by atoms with Crippen molar-refractivity contribution in [3.05, 3.63) is 25.3 Å². The number of carbonyl (C=O) groups excluding carboxylic acids is 3. The van der Waals surface area contributed by atoms with Crippen LogP contribution in [0.15, 0.2) is 25.3 Å². The van der Waals surface area contributed by atoms with Crippen molar-refractivity contribution in [3.63, 3.8) is 0 Å². The Balaban J connectivity index is 1.64. The van der Waals surface area contributed by atoms with Gasteiger partial charge in [0.15, 0.2) is 0 Å². The highest BCUT2D eigenvalue weighted by Gasteiger charge is 2.76. The third kappa shape index (κ3) is 4.64. The minimum atomic E-state index is -1.13. The van der Waals surface area contributed by atoms with Gasteiger partial charge in [-0.1, -0.05) is 28.1 Å². The summed E-state index contributed by atoms with van der Waals surface area (Å²) in [6.45, 7) is 12.0. The monoisotopic (exact) mass is 568 g/mol. The Morgan fingerprint density at radius 3 is 2.53 bits per heavy atom. The van der Waals surface area contributed by atoms with Crippen LogP contribution in [0, 0.1) is 11.8 Å². The first-order valence-electron chi connectivity index (χ1n) is 12.6. The Morgan fingerprint density at radius 1 is 1.19 bits per heavy atom. The van der Waals surface area contributed by atoms with Gasteiger partial charge in [0.05, 0.1) is 37.8 Å². The van der Waals surface area contributed by atoms with Gasteiger partial charge in [-0.2, -0.15) is 0 Å². The van der Waals surface area contributed by atoms with E-state index >= 15 is 0 Å². The molecule has 4 fully saturated rings. The summed E-state index contributed by atoms with van der Waals surface area (Å²) >= 11 is 3.67. The van der Waals surface area contributed by atoms with Crippen LogP contribution >= 0.6 is 15.9 Å². The molecule has 4 rings (SSSR count). The summed E-state index contributed by atoms with van der Waals surface area (Å²) < 4.78 is 11.9. The molecule has 200 valence electrons. The number of nitrogens with zero attached hydrogens (tertiary/aromatic N) is 4. The van der Waals surface area contributed by atoms with Crippen LogP contribution < -0.4 is 0 Å². The normalized spacial score (nSPS) is 33.5. The van der Waals surface area contributed by atoms with E-state index in [-0.39, 0.29) is 35.7 Å². The molecule has 4 heterocycles. The molecule has 4 saturated heterocycles. The third-order valence-corrected chi connectivity index (χ3v) is 8.72. The van der Waals surface area contributed by atoms with Gasteiger partial charge in [-0.15, -0.1) is 13.2 Å². The molecule has 1 spiro atoms. The lowest BCUT2D eigenvalue weighted by molar-refractivity contribution is -0.149. The molecule has 11 heteroatoms. The maximum absolute atomic E-state index is 14.1. The molecule has 3 unspecified atom stereocenters. The molecule has 0 aromatic rings. The Labute approximate surface area is 221 Å². The lowest BCUT2D eigenvalue weighted by Crippen LogP contribution is -2.58. The zero-order chi connectivity index (χ0) is 26.0. The fourth-order valence-electron chi connectivity index (χ4n) is 6.28. The maximum atomic E-state index is 14.1. The van der Waals surface area contributed by atoms with Gasteiger partial charge in [-0.25, -0.2) is 0 Å². The highest BCUT2D eigenvalue weighted by Crippen LogP contribution is 2.60. The first kappa shape index (κ1) is 27.3. The predicted molar refractivity (Wildman–Crippen MR) is 136 cm³/mol. The molecule has 0 radical (unpaired) electrons. The van der Waals surface area contributed by atoms with Gasteiger partial charge in [0.2, 0.25) is 17.7 Å². The molecule has 2 bridgehead atoms. The molecule has 36 heavy (non-hydrogen) atoms. The Bertz CT molecular complexity index is 883. The van der Waals surface area contributed by atoms with Crippen molar-refractivity contribution in [3.8, 4) is 0 Å². The van der Waals surface area contributed by atoms with E-state index in [2.05, 4.69) is 34.0 Å². The number of aliphatic hydroxyl groups excluding tert-OH is 1. The van der Waals surface area contributed by atoms with Crippen LogP contribution in [0.25, 0.3) is 0 Å². The minimum Gasteiger partial charge on any atom is -0.395 e. The van der Waals surface area contributed by atoms with E-state index in [4.69, 9.17) is 9.47 Å². The summed E-state index contributed by atoms with van der Waals surface area (Å²) in [5.41, 5.74) is -1.13. The molecule has 3 amide bonds. The molecule has 10 nitrogen and oxygen atoms in total. The van der Waals surface area contributed by atoms with E-state index in [1.165, 1.54) is 4.90 Å². The number of hydrogen-bond acceptors (Lipinski definition) is 7. The van der Waals surface area contributed by atoms with Crippen LogP contribution in [0.5, 0.6) is 0 Å². The lowest BCUT2D eigenvalue weighted by atomic mass is 9.70. The fourth-order valence-corrected chi connectivity index (χ4v) is 7.23. The number of carbonyl (C=O) groups is 3. The number of morpholine rings is 1. The van der Waals surface area contributed by atoms with Crippen LogP contribution in [-0.4, -0.2) is 138 Å². The van der Waals surface area contributed by atoms with Crippen LogP contribution in [0.1, 0.15) is 6.42 Å². The zero-order valence-corrected chi connectivity index (χ0v) is 22.5. The minimum absolute atomic E-state index is 0.00324. The quantitative estimate of drug-likeness (QED) is 0.270. The summed E-state index contributed by atoms with van der Waals surface area (Å²) in [4.78, 5) is 48.1. The molecular formula is C25H37BrN4O6. The van der Waals surface area contributed by atoms with Gasteiger partial charge in [-0.05, 0) is 6.42 Å². The average Bonchev–Trinajstić information content (AvgIpc) is 3.45. The van der Waals surface area contributed by atoms with E-state index in [1.54, 1.807) is 29.0 Å². The summed E-state index contributed by atoms with van der Waals surface area (Å²) in [7, 11) is 1.68. The van der Waals surface area contributed by atoms with Crippen LogP contribution in [-0.2, 0) is 23.9 Å². The Morgan fingerprint density at radius 2 is 1.89 bits per heavy atom.